The standard InChI is InChI=1S/C14H10ClN3O2S/c1-20-13-16-12(15)17-14(18-13)21-11-7-6-10(19)8-4-2-3-5-9(8)11/h2-7,19H,1H3. The molecule has 0 fully saturated rings. The zero-order valence-electron chi connectivity index (χ0n) is 10.9. The van der Waals surface area contributed by atoms with Crippen LogP contribution in [-0.4, -0.2) is 27.2 Å². The Morgan fingerprint density at radius 3 is 2.57 bits per heavy atom. The minimum Gasteiger partial charge on any atom is -0.507 e. The van der Waals surface area contributed by atoms with Crippen LogP contribution >= 0.6 is 23.4 Å². The van der Waals surface area contributed by atoms with Crippen molar-refractivity contribution in [1.82, 2.24) is 15.0 Å². The van der Waals surface area contributed by atoms with Gasteiger partial charge in [-0.1, -0.05) is 24.3 Å². The first kappa shape index (κ1) is 13.9. The molecule has 1 N–H and O–H groups in total. The second-order valence-electron chi connectivity index (χ2n) is 4.10. The van der Waals surface area contributed by atoms with E-state index in [1.807, 2.05) is 30.3 Å². The Labute approximate surface area is 130 Å². The summed E-state index contributed by atoms with van der Waals surface area (Å²) in [6.07, 6.45) is 0. The smallest absolute Gasteiger partial charge is 0.321 e. The van der Waals surface area contributed by atoms with E-state index in [-0.39, 0.29) is 17.0 Å². The Morgan fingerprint density at radius 2 is 1.81 bits per heavy atom. The van der Waals surface area contributed by atoms with Crippen molar-refractivity contribution in [2.75, 3.05) is 7.11 Å². The number of ether oxygens (including phenoxy) is 1. The molecule has 0 aliphatic heterocycles. The number of hydrogen-bond acceptors (Lipinski definition) is 6. The molecule has 1 aromatic heterocycles. The van der Waals surface area contributed by atoms with Gasteiger partial charge in [-0.05, 0) is 40.9 Å². The lowest BCUT2D eigenvalue weighted by Gasteiger charge is -2.07. The van der Waals surface area contributed by atoms with Crippen LogP contribution in [0.3, 0.4) is 0 Å². The molecule has 0 unspecified atom stereocenters. The SMILES string of the molecule is COc1nc(Cl)nc(Sc2ccc(O)c3ccccc23)n1. The van der Waals surface area contributed by atoms with E-state index in [9.17, 15) is 5.11 Å². The predicted molar refractivity (Wildman–Crippen MR) is 81.1 cm³/mol. The lowest BCUT2D eigenvalue weighted by molar-refractivity contribution is 0.373. The van der Waals surface area contributed by atoms with Gasteiger partial charge in [0.05, 0.1) is 7.11 Å². The molecule has 5 nitrogen and oxygen atoms in total. The van der Waals surface area contributed by atoms with Crippen molar-refractivity contribution >= 4 is 34.1 Å². The topological polar surface area (TPSA) is 68.1 Å². The number of hydrogen-bond donors (Lipinski definition) is 1. The summed E-state index contributed by atoms with van der Waals surface area (Å²) in [5.41, 5.74) is 0. The van der Waals surface area contributed by atoms with Crippen molar-refractivity contribution in [2.45, 2.75) is 10.1 Å². The molecule has 0 amide bonds. The van der Waals surface area contributed by atoms with Crippen LogP contribution in [0.1, 0.15) is 0 Å². The lowest BCUT2D eigenvalue weighted by Crippen LogP contribution is -1.96. The first-order valence-electron chi connectivity index (χ1n) is 6.01. The van der Waals surface area contributed by atoms with Crippen molar-refractivity contribution in [3.05, 3.63) is 41.7 Å². The number of rotatable bonds is 3. The maximum Gasteiger partial charge on any atom is 0.321 e. The van der Waals surface area contributed by atoms with E-state index in [0.717, 1.165) is 15.7 Å². The minimum atomic E-state index is 0.0763. The summed E-state index contributed by atoms with van der Waals surface area (Å²) in [7, 11) is 1.47. The van der Waals surface area contributed by atoms with Crippen LogP contribution in [0, 0.1) is 0 Å². The van der Waals surface area contributed by atoms with Crippen LogP contribution in [0.25, 0.3) is 10.8 Å². The van der Waals surface area contributed by atoms with Gasteiger partial charge in [0.1, 0.15) is 5.75 Å². The number of aromatic hydroxyl groups is 1. The summed E-state index contributed by atoms with van der Waals surface area (Å²) >= 11 is 7.17. The quantitative estimate of drug-likeness (QED) is 0.796. The highest BCUT2D eigenvalue weighted by atomic mass is 35.5. The number of fused-ring (bicyclic) bond motifs is 1. The molecule has 21 heavy (non-hydrogen) atoms. The Kier molecular flexibility index (Phi) is 3.81. The molecule has 0 radical (unpaired) electrons. The van der Waals surface area contributed by atoms with Gasteiger partial charge in [-0.15, -0.1) is 0 Å². The van der Waals surface area contributed by atoms with E-state index in [1.54, 1.807) is 6.07 Å². The van der Waals surface area contributed by atoms with E-state index in [0.29, 0.717) is 5.16 Å². The van der Waals surface area contributed by atoms with E-state index in [4.69, 9.17) is 16.3 Å². The van der Waals surface area contributed by atoms with Gasteiger partial charge in [0, 0.05) is 10.3 Å². The second-order valence-corrected chi connectivity index (χ2v) is 5.45. The largest absolute Gasteiger partial charge is 0.507 e. The highest BCUT2D eigenvalue weighted by Gasteiger charge is 2.10. The zero-order valence-corrected chi connectivity index (χ0v) is 12.5. The van der Waals surface area contributed by atoms with Gasteiger partial charge in [-0.25, -0.2) is 0 Å². The maximum absolute atomic E-state index is 9.90. The average Bonchev–Trinajstić information content (AvgIpc) is 2.50. The summed E-state index contributed by atoms with van der Waals surface area (Å²) < 4.78 is 4.98. The molecule has 1 heterocycles. The molecule has 7 heteroatoms. The number of phenolic OH excluding ortho intramolecular Hbond substituents is 1. The third-order valence-corrected chi connectivity index (χ3v) is 3.92. The van der Waals surface area contributed by atoms with Crippen LogP contribution < -0.4 is 4.74 Å². The second kappa shape index (κ2) is 5.75. The van der Waals surface area contributed by atoms with E-state index >= 15 is 0 Å². The van der Waals surface area contributed by atoms with Crippen molar-refractivity contribution in [3.8, 4) is 11.8 Å². The molecular formula is C14H10ClN3O2S. The first-order chi connectivity index (χ1) is 10.2. The van der Waals surface area contributed by atoms with Crippen molar-refractivity contribution in [3.63, 3.8) is 0 Å². The molecule has 0 atom stereocenters. The Hall–Kier alpha value is -2.05. The zero-order chi connectivity index (χ0) is 14.8. The number of nitrogens with zero attached hydrogens (tertiary/aromatic N) is 3. The summed E-state index contributed by atoms with van der Waals surface area (Å²) in [5, 5.41) is 12.1. The Bertz CT molecular complexity index is 813. The van der Waals surface area contributed by atoms with E-state index in [2.05, 4.69) is 15.0 Å². The third-order valence-electron chi connectivity index (χ3n) is 2.81. The predicted octanol–water partition coefficient (Wildman–Crippen LogP) is 3.54. The van der Waals surface area contributed by atoms with Gasteiger partial charge in [0.25, 0.3) is 0 Å². The molecule has 0 spiro atoms. The monoisotopic (exact) mass is 319 g/mol. The van der Waals surface area contributed by atoms with Crippen LogP contribution in [-0.2, 0) is 0 Å². The highest BCUT2D eigenvalue weighted by molar-refractivity contribution is 7.99. The van der Waals surface area contributed by atoms with Gasteiger partial charge >= 0.3 is 6.01 Å². The average molecular weight is 320 g/mol. The molecule has 106 valence electrons. The van der Waals surface area contributed by atoms with Crippen molar-refractivity contribution in [1.29, 1.82) is 0 Å². The number of methoxy groups -OCH3 is 1. The molecule has 0 aliphatic carbocycles. The maximum atomic E-state index is 9.90. The van der Waals surface area contributed by atoms with Gasteiger partial charge in [0.2, 0.25) is 5.28 Å². The van der Waals surface area contributed by atoms with Gasteiger partial charge in [0.15, 0.2) is 5.16 Å². The van der Waals surface area contributed by atoms with Crippen LogP contribution in [0.2, 0.25) is 5.28 Å². The molecule has 2 aromatic carbocycles. The van der Waals surface area contributed by atoms with Crippen molar-refractivity contribution < 1.29 is 9.84 Å². The van der Waals surface area contributed by atoms with Crippen LogP contribution in [0.5, 0.6) is 11.8 Å². The normalized spacial score (nSPS) is 10.8. The summed E-state index contributed by atoms with van der Waals surface area (Å²) in [6.45, 7) is 0. The van der Waals surface area contributed by atoms with Crippen LogP contribution in [0.4, 0.5) is 0 Å². The fourth-order valence-electron chi connectivity index (χ4n) is 1.89. The molecule has 0 aliphatic rings. The molecule has 0 saturated heterocycles. The number of phenols is 1. The fourth-order valence-corrected chi connectivity index (χ4v) is 2.97. The summed E-state index contributed by atoms with van der Waals surface area (Å²) in [4.78, 5) is 13.0. The fraction of sp³-hybridized carbons (Fsp3) is 0.0714. The molecule has 3 rings (SSSR count). The summed E-state index contributed by atoms with van der Waals surface area (Å²) in [5.74, 6) is 0.237. The van der Waals surface area contributed by atoms with Crippen LogP contribution in [0.15, 0.2) is 46.5 Å². The van der Waals surface area contributed by atoms with E-state index in [1.165, 1.54) is 18.9 Å². The number of halogens is 1. The Morgan fingerprint density at radius 1 is 1.05 bits per heavy atom. The third kappa shape index (κ3) is 2.86. The van der Waals surface area contributed by atoms with Gasteiger partial charge in [-0.3, -0.25) is 0 Å². The first-order valence-corrected chi connectivity index (χ1v) is 7.21. The van der Waals surface area contributed by atoms with Gasteiger partial charge < -0.3 is 9.84 Å². The van der Waals surface area contributed by atoms with Crippen molar-refractivity contribution in [2.24, 2.45) is 0 Å². The number of benzene rings is 2. The lowest BCUT2D eigenvalue weighted by atomic mass is 10.1. The molecular weight excluding hydrogens is 310 g/mol. The van der Waals surface area contributed by atoms with E-state index < -0.39 is 0 Å². The summed E-state index contributed by atoms with van der Waals surface area (Å²) in [6, 6.07) is 11.2. The molecule has 0 bridgehead atoms. The molecule has 0 saturated carbocycles. The minimum absolute atomic E-state index is 0.0763. The Balaban J connectivity index is 2.06. The molecule has 3 aromatic rings. The highest BCUT2D eigenvalue weighted by Crippen LogP contribution is 2.36. The van der Waals surface area contributed by atoms with Gasteiger partial charge in [-0.2, -0.15) is 15.0 Å². The number of aromatic nitrogens is 3.